The summed E-state index contributed by atoms with van der Waals surface area (Å²) in [4.78, 5) is 30.8. The summed E-state index contributed by atoms with van der Waals surface area (Å²) in [5.41, 5.74) is 1.37. The van der Waals surface area contributed by atoms with E-state index in [1.54, 1.807) is 17.0 Å². The van der Waals surface area contributed by atoms with E-state index in [1.165, 1.54) is 0 Å². The second-order valence-corrected chi connectivity index (χ2v) is 9.29. The lowest BCUT2D eigenvalue weighted by molar-refractivity contribution is -0.129. The third-order valence-corrected chi connectivity index (χ3v) is 6.93. The fraction of sp³-hybridized carbons (Fsp3) is 0.400. The van der Waals surface area contributed by atoms with Crippen molar-refractivity contribution >= 4 is 22.7 Å². The molecular weight excluding hydrogens is 468 g/mol. The molecule has 0 radical (unpaired) electrons. The van der Waals surface area contributed by atoms with Crippen LogP contribution in [0.5, 0.6) is 5.75 Å². The monoisotopic (exact) mass is 504 g/mol. The van der Waals surface area contributed by atoms with Gasteiger partial charge >= 0.3 is 0 Å². The second kappa shape index (κ2) is 12.1. The summed E-state index contributed by atoms with van der Waals surface area (Å²) in [5, 5.41) is 11.7. The summed E-state index contributed by atoms with van der Waals surface area (Å²) in [6.45, 7) is 10.0. The number of ketones is 1. The number of benzene rings is 2. The lowest BCUT2D eigenvalue weighted by Gasteiger charge is -2.28. The van der Waals surface area contributed by atoms with Crippen LogP contribution in [-0.2, 0) is 4.79 Å². The number of nitrogens with zero attached hydrogens (tertiary/aromatic N) is 2. The summed E-state index contributed by atoms with van der Waals surface area (Å²) in [5.74, 6) is -0.701. The molecule has 0 aliphatic carbocycles. The van der Waals surface area contributed by atoms with Crippen LogP contribution in [0.2, 0.25) is 0 Å². The number of carbonyl (C=O) groups is 2. The first kappa shape index (κ1) is 26.5. The Balaban J connectivity index is 1.65. The molecule has 196 valence electrons. The number of rotatable bonds is 13. The quantitative estimate of drug-likeness (QED) is 0.230. The Morgan fingerprint density at radius 2 is 1.78 bits per heavy atom. The zero-order valence-corrected chi connectivity index (χ0v) is 21.9. The van der Waals surface area contributed by atoms with Crippen molar-refractivity contribution in [3.05, 3.63) is 77.3 Å². The smallest absolute Gasteiger partial charge is 0.290 e. The van der Waals surface area contributed by atoms with Crippen LogP contribution in [-0.4, -0.2) is 59.4 Å². The highest BCUT2D eigenvalue weighted by molar-refractivity contribution is 6.16. The first-order valence-electron chi connectivity index (χ1n) is 13.2. The Morgan fingerprint density at radius 1 is 1.05 bits per heavy atom. The van der Waals surface area contributed by atoms with Gasteiger partial charge in [0.25, 0.3) is 5.91 Å². The van der Waals surface area contributed by atoms with Crippen molar-refractivity contribution in [2.24, 2.45) is 0 Å². The van der Waals surface area contributed by atoms with Crippen LogP contribution in [0.15, 0.2) is 70.3 Å². The minimum atomic E-state index is -0.713. The van der Waals surface area contributed by atoms with Crippen LogP contribution in [0, 0.1) is 0 Å². The molecule has 2 heterocycles. The van der Waals surface area contributed by atoms with Crippen molar-refractivity contribution in [1.29, 1.82) is 0 Å². The molecular formula is C30H36N2O5. The van der Waals surface area contributed by atoms with Gasteiger partial charge in [0.05, 0.1) is 18.2 Å². The summed E-state index contributed by atoms with van der Waals surface area (Å²) in [6.07, 6.45) is 2.73. The summed E-state index contributed by atoms with van der Waals surface area (Å²) < 4.78 is 11.6. The normalized spacial score (nSPS) is 15.8. The number of ether oxygens (including phenoxy) is 1. The van der Waals surface area contributed by atoms with Crippen LogP contribution in [0.3, 0.4) is 0 Å². The van der Waals surface area contributed by atoms with Crippen molar-refractivity contribution in [3.63, 3.8) is 0 Å². The Kier molecular flexibility index (Phi) is 8.66. The number of hydrogen-bond acceptors (Lipinski definition) is 6. The van der Waals surface area contributed by atoms with E-state index in [0.29, 0.717) is 18.7 Å². The van der Waals surface area contributed by atoms with Gasteiger partial charge in [-0.05, 0) is 62.3 Å². The van der Waals surface area contributed by atoms with Gasteiger partial charge in [0.2, 0.25) is 5.78 Å². The average Bonchev–Trinajstić information content (AvgIpc) is 3.46. The average molecular weight is 505 g/mol. The van der Waals surface area contributed by atoms with Crippen molar-refractivity contribution in [1.82, 2.24) is 9.80 Å². The fourth-order valence-corrected chi connectivity index (χ4v) is 4.77. The highest BCUT2D eigenvalue weighted by Crippen LogP contribution is 2.40. The first-order valence-corrected chi connectivity index (χ1v) is 13.2. The lowest BCUT2D eigenvalue weighted by atomic mass is 9.95. The molecule has 0 saturated heterocycles. The van der Waals surface area contributed by atoms with Gasteiger partial charge in [0.15, 0.2) is 11.5 Å². The van der Waals surface area contributed by atoms with Crippen LogP contribution in [0.4, 0.5) is 0 Å². The molecule has 0 bridgehead atoms. The van der Waals surface area contributed by atoms with Crippen LogP contribution >= 0.6 is 0 Å². The summed E-state index contributed by atoms with van der Waals surface area (Å²) in [7, 11) is 0. The van der Waals surface area contributed by atoms with Crippen molar-refractivity contribution in [3.8, 4) is 5.75 Å². The van der Waals surface area contributed by atoms with Gasteiger partial charge in [0.1, 0.15) is 11.3 Å². The number of fused-ring (bicyclic) bond motifs is 1. The number of carbonyl (C=O) groups excluding carboxylic acids is 2. The zero-order valence-electron chi connectivity index (χ0n) is 21.9. The SMILES string of the molecule is CCCCOc1ccc(C2C(C(=O)c3cc4ccccc4o3)=C(O)C(=O)N2CCCN(CC)CC)cc1. The molecule has 0 spiro atoms. The highest BCUT2D eigenvalue weighted by atomic mass is 16.5. The molecule has 7 nitrogen and oxygen atoms in total. The highest BCUT2D eigenvalue weighted by Gasteiger charge is 2.44. The second-order valence-electron chi connectivity index (χ2n) is 9.29. The largest absolute Gasteiger partial charge is 0.503 e. The number of furan rings is 1. The Hall–Kier alpha value is -3.58. The molecule has 1 amide bonds. The van der Waals surface area contributed by atoms with Crippen LogP contribution in [0.1, 0.15) is 62.2 Å². The van der Waals surface area contributed by atoms with Crippen molar-refractivity contribution < 1.29 is 23.8 Å². The van der Waals surface area contributed by atoms with Gasteiger partial charge in [-0.15, -0.1) is 0 Å². The van der Waals surface area contributed by atoms with Gasteiger partial charge in [-0.2, -0.15) is 0 Å². The van der Waals surface area contributed by atoms with Gasteiger partial charge in [-0.3, -0.25) is 9.59 Å². The molecule has 37 heavy (non-hydrogen) atoms. The number of aliphatic hydroxyl groups is 1. The van der Waals surface area contributed by atoms with Crippen LogP contribution in [0.25, 0.3) is 11.0 Å². The standard InChI is InChI=1S/C30H36N2O5/c1-4-7-19-36-23-15-13-21(14-16-23)27-26(28(33)25-20-22-11-8-9-12-24(22)37-25)29(34)30(35)32(27)18-10-17-31(5-2)6-3/h8-9,11-16,20,27,34H,4-7,10,17-19H2,1-3H3. The van der Waals surface area contributed by atoms with E-state index in [2.05, 4.69) is 25.7 Å². The molecule has 1 atom stereocenters. The number of unbranched alkanes of at least 4 members (excludes halogenated alkanes) is 1. The van der Waals surface area contributed by atoms with Gasteiger partial charge in [-0.25, -0.2) is 0 Å². The number of para-hydroxylation sites is 1. The van der Waals surface area contributed by atoms with Crippen molar-refractivity contribution in [2.75, 3.05) is 32.8 Å². The molecule has 2 aromatic carbocycles. The number of amides is 1. The van der Waals surface area contributed by atoms with E-state index in [0.717, 1.165) is 55.6 Å². The van der Waals surface area contributed by atoms with E-state index in [4.69, 9.17) is 9.15 Å². The van der Waals surface area contributed by atoms with E-state index >= 15 is 0 Å². The summed E-state index contributed by atoms with van der Waals surface area (Å²) >= 11 is 0. The van der Waals surface area contributed by atoms with E-state index < -0.39 is 23.5 Å². The fourth-order valence-electron chi connectivity index (χ4n) is 4.77. The molecule has 0 saturated carbocycles. The molecule has 1 aliphatic rings. The third-order valence-electron chi connectivity index (χ3n) is 6.93. The van der Waals surface area contributed by atoms with E-state index in [9.17, 15) is 14.7 Å². The predicted molar refractivity (Wildman–Crippen MR) is 144 cm³/mol. The molecule has 1 N–H and O–H groups in total. The first-order chi connectivity index (χ1) is 18.0. The Labute approximate surface area is 218 Å². The maximum absolute atomic E-state index is 13.7. The molecule has 7 heteroatoms. The molecule has 3 aromatic rings. The van der Waals surface area contributed by atoms with Gasteiger partial charge in [-0.1, -0.05) is 57.5 Å². The Morgan fingerprint density at radius 3 is 2.46 bits per heavy atom. The topological polar surface area (TPSA) is 83.2 Å². The number of hydrogen-bond donors (Lipinski definition) is 1. The third kappa shape index (κ3) is 5.72. The maximum atomic E-state index is 13.7. The molecule has 1 unspecified atom stereocenters. The van der Waals surface area contributed by atoms with Crippen LogP contribution < -0.4 is 4.74 Å². The zero-order chi connectivity index (χ0) is 26.4. The summed E-state index contributed by atoms with van der Waals surface area (Å²) in [6, 6.07) is 15.7. The molecule has 1 aromatic heterocycles. The van der Waals surface area contributed by atoms with E-state index in [1.807, 2.05) is 42.5 Å². The van der Waals surface area contributed by atoms with E-state index in [-0.39, 0.29) is 11.3 Å². The van der Waals surface area contributed by atoms with Crippen molar-refractivity contribution in [2.45, 2.75) is 46.1 Å². The van der Waals surface area contributed by atoms with Gasteiger partial charge in [0, 0.05) is 11.9 Å². The number of aliphatic hydroxyl groups excluding tert-OH is 1. The lowest BCUT2D eigenvalue weighted by Crippen LogP contribution is -2.34. The number of Topliss-reactive ketones (excluding diaryl/α,β-unsaturated/α-hetero) is 1. The minimum Gasteiger partial charge on any atom is -0.503 e. The minimum absolute atomic E-state index is 0.0477. The predicted octanol–water partition coefficient (Wildman–Crippen LogP) is 5.92. The molecule has 4 rings (SSSR count). The molecule has 0 fully saturated rings. The Bertz CT molecular complexity index is 1220. The molecule has 1 aliphatic heterocycles. The van der Waals surface area contributed by atoms with Gasteiger partial charge < -0.3 is 24.1 Å². The maximum Gasteiger partial charge on any atom is 0.290 e.